The van der Waals surface area contributed by atoms with Crippen LogP contribution in [0.4, 0.5) is 11.4 Å². The third-order valence-electron chi connectivity index (χ3n) is 1.44. The van der Waals surface area contributed by atoms with Crippen molar-refractivity contribution in [1.29, 1.82) is 0 Å². The van der Waals surface area contributed by atoms with Gasteiger partial charge >= 0.3 is 0 Å². The predicted octanol–water partition coefficient (Wildman–Crippen LogP) is 1.53. The molecule has 10 heavy (non-hydrogen) atoms. The molecule has 0 saturated heterocycles. The summed E-state index contributed by atoms with van der Waals surface area (Å²) in [6.45, 7) is 0.737. The van der Waals surface area contributed by atoms with E-state index in [9.17, 15) is 0 Å². The summed E-state index contributed by atoms with van der Waals surface area (Å²) >= 11 is 5.80. The summed E-state index contributed by atoms with van der Waals surface area (Å²) in [5.74, 6) is 0. The summed E-state index contributed by atoms with van der Waals surface area (Å²) in [6, 6.07) is 0. The standard InChI is InChI=1S/C6H6ClN3/c7-4-1-8-2-5-6(4)10-3-9-5/h1-2,9-10H,3H2. The summed E-state index contributed by atoms with van der Waals surface area (Å²) in [7, 11) is 0. The first-order chi connectivity index (χ1) is 4.88. The van der Waals surface area contributed by atoms with Crippen molar-refractivity contribution in [2.75, 3.05) is 17.3 Å². The minimum Gasteiger partial charge on any atom is -0.365 e. The maximum absolute atomic E-state index is 5.80. The average Bonchev–Trinajstić information content (AvgIpc) is 2.36. The lowest BCUT2D eigenvalue weighted by Gasteiger charge is -1.97. The molecule has 0 radical (unpaired) electrons. The molecule has 1 aliphatic heterocycles. The number of anilines is 2. The van der Waals surface area contributed by atoms with Crippen LogP contribution in [0.3, 0.4) is 0 Å². The van der Waals surface area contributed by atoms with Crippen molar-refractivity contribution in [3.63, 3.8) is 0 Å². The van der Waals surface area contributed by atoms with E-state index in [0.29, 0.717) is 5.02 Å². The molecular formula is C6H6ClN3. The van der Waals surface area contributed by atoms with Gasteiger partial charge < -0.3 is 10.6 Å². The number of nitrogens with one attached hydrogen (secondary N) is 2. The van der Waals surface area contributed by atoms with Crippen molar-refractivity contribution in [3.05, 3.63) is 17.4 Å². The fraction of sp³-hybridized carbons (Fsp3) is 0.167. The smallest absolute Gasteiger partial charge is 0.0851 e. The number of pyridine rings is 1. The molecule has 2 heterocycles. The number of rotatable bonds is 0. The number of fused-ring (bicyclic) bond motifs is 1. The second-order valence-corrected chi connectivity index (χ2v) is 2.48. The molecule has 4 heteroatoms. The van der Waals surface area contributed by atoms with Gasteiger partial charge in [0.05, 0.1) is 29.3 Å². The Kier molecular flexibility index (Phi) is 1.17. The van der Waals surface area contributed by atoms with Crippen LogP contribution in [0.5, 0.6) is 0 Å². The minimum atomic E-state index is 0.669. The molecule has 1 aromatic rings. The summed E-state index contributed by atoms with van der Waals surface area (Å²) in [5, 5.41) is 6.84. The van der Waals surface area contributed by atoms with E-state index in [-0.39, 0.29) is 0 Å². The Balaban J connectivity index is 2.59. The average molecular weight is 156 g/mol. The highest BCUT2D eigenvalue weighted by Crippen LogP contribution is 2.31. The van der Waals surface area contributed by atoms with E-state index < -0.39 is 0 Å². The quantitative estimate of drug-likeness (QED) is 0.597. The highest BCUT2D eigenvalue weighted by atomic mass is 35.5. The molecule has 3 nitrogen and oxygen atoms in total. The van der Waals surface area contributed by atoms with E-state index in [2.05, 4.69) is 15.6 Å². The van der Waals surface area contributed by atoms with E-state index in [1.54, 1.807) is 12.4 Å². The number of hydrogen-bond donors (Lipinski definition) is 2. The van der Waals surface area contributed by atoms with Crippen molar-refractivity contribution < 1.29 is 0 Å². The Hall–Kier alpha value is -0.960. The second kappa shape index (κ2) is 2.02. The third-order valence-corrected chi connectivity index (χ3v) is 1.73. The molecule has 2 rings (SSSR count). The van der Waals surface area contributed by atoms with Crippen LogP contribution in [0.25, 0.3) is 0 Å². The molecule has 52 valence electrons. The largest absolute Gasteiger partial charge is 0.365 e. The predicted molar refractivity (Wildman–Crippen MR) is 41.4 cm³/mol. The van der Waals surface area contributed by atoms with Crippen molar-refractivity contribution in [2.24, 2.45) is 0 Å². The summed E-state index contributed by atoms with van der Waals surface area (Å²) in [6.07, 6.45) is 3.38. The van der Waals surface area contributed by atoms with Crippen LogP contribution in [-0.2, 0) is 0 Å². The van der Waals surface area contributed by atoms with Gasteiger partial charge in [-0.3, -0.25) is 4.98 Å². The normalized spacial score (nSPS) is 13.7. The van der Waals surface area contributed by atoms with Crippen LogP contribution in [0, 0.1) is 0 Å². The molecule has 1 aromatic heterocycles. The maximum atomic E-state index is 5.80. The molecule has 2 N–H and O–H groups in total. The topological polar surface area (TPSA) is 37.0 Å². The zero-order chi connectivity index (χ0) is 6.97. The molecule has 0 spiro atoms. The fourth-order valence-electron chi connectivity index (χ4n) is 0.976. The van der Waals surface area contributed by atoms with Crippen LogP contribution in [0.15, 0.2) is 12.4 Å². The summed E-state index contributed by atoms with van der Waals surface area (Å²) < 4.78 is 0. The minimum absolute atomic E-state index is 0.669. The first-order valence-electron chi connectivity index (χ1n) is 2.99. The molecule has 1 aliphatic rings. The van der Waals surface area contributed by atoms with Gasteiger partial charge in [0.1, 0.15) is 0 Å². The van der Waals surface area contributed by atoms with Gasteiger partial charge in [-0.05, 0) is 0 Å². The van der Waals surface area contributed by atoms with E-state index in [1.165, 1.54) is 0 Å². The lowest BCUT2D eigenvalue weighted by atomic mass is 10.4. The highest BCUT2D eigenvalue weighted by Gasteiger charge is 2.11. The molecule has 0 aliphatic carbocycles. The van der Waals surface area contributed by atoms with Gasteiger partial charge in [0.15, 0.2) is 0 Å². The van der Waals surface area contributed by atoms with Crippen LogP contribution >= 0.6 is 11.6 Å². The fourth-order valence-corrected chi connectivity index (χ4v) is 1.20. The third kappa shape index (κ3) is 0.708. The molecule has 0 bridgehead atoms. The Bertz CT molecular complexity index is 261. The lowest BCUT2D eigenvalue weighted by molar-refractivity contribution is 1.30. The van der Waals surface area contributed by atoms with Gasteiger partial charge in [-0.1, -0.05) is 11.6 Å². The van der Waals surface area contributed by atoms with Gasteiger partial charge in [0, 0.05) is 6.20 Å². The number of nitrogens with zero attached hydrogens (tertiary/aromatic N) is 1. The van der Waals surface area contributed by atoms with Crippen LogP contribution in [-0.4, -0.2) is 11.7 Å². The van der Waals surface area contributed by atoms with Gasteiger partial charge in [0.25, 0.3) is 0 Å². The molecule has 0 saturated carbocycles. The summed E-state index contributed by atoms with van der Waals surface area (Å²) in [4.78, 5) is 3.92. The van der Waals surface area contributed by atoms with Crippen molar-refractivity contribution in [1.82, 2.24) is 4.98 Å². The molecular weight excluding hydrogens is 150 g/mol. The number of aromatic nitrogens is 1. The van der Waals surface area contributed by atoms with Crippen molar-refractivity contribution in [2.45, 2.75) is 0 Å². The van der Waals surface area contributed by atoms with Crippen molar-refractivity contribution >= 4 is 23.0 Å². The molecule has 0 amide bonds. The second-order valence-electron chi connectivity index (χ2n) is 2.07. The maximum Gasteiger partial charge on any atom is 0.0851 e. The molecule has 0 atom stereocenters. The van der Waals surface area contributed by atoms with E-state index in [0.717, 1.165) is 18.0 Å². The SMILES string of the molecule is Clc1cncc2c1NCN2. The Morgan fingerprint density at radius 2 is 2.30 bits per heavy atom. The first-order valence-corrected chi connectivity index (χ1v) is 3.37. The van der Waals surface area contributed by atoms with E-state index in [1.807, 2.05) is 0 Å². The van der Waals surface area contributed by atoms with Crippen LogP contribution < -0.4 is 10.6 Å². The van der Waals surface area contributed by atoms with Crippen LogP contribution in [0.2, 0.25) is 5.02 Å². The Labute approximate surface area is 63.4 Å². The van der Waals surface area contributed by atoms with Gasteiger partial charge in [-0.15, -0.1) is 0 Å². The number of halogens is 1. The van der Waals surface area contributed by atoms with Gasteiger partial charge in [-0.2, -0.15) is 0 Å². The highest BCUT2D eigenvalue weighted by molar-refractivity contribution is 6.33. The zero-order valence-electron chi connectivity index (χ0n) is 5.19. The summed E-state index contributed by atoms with van der Waals surface area (Å²) in [5.41, 5.74) is 1.93. The molecule has 0 unspecified atom stereocenters. The first kappa shape index (κ1) is 5.80. The zero-order valence-corrected chi connectivity index (χ0v) is 5.94. The Morgan fingerprint density at radius 3 is 3.10 bits per heavy atom. The monoisotopic (exact) mass is 155 g/mol. The van der Waals surface area contributed by atoms with Gasteiger partial charge in [-0.25, -0.2) is 0 Å². The van der Waals surface area contributed by atoms with E-state index in [4.69, 9.17) is 11.6 Å². The lowest BCUT2D eigenvalue weighted by Crippen LogP contribution is -1.99. The van der Waals surface area contributed by atoms with Crippen molar-refractivity contribution in [3.8, 4) is 0 Å². The number of hydrogen-bond acceptors (Lipinski definition) is 3. The Morgan fingerprint density at radius 1 is 1.40 bits per heavy atom. The van der Waals surface area contributed by atoms with E-state index >= 15 is 0 Å². The van der Waals surface area contributed by atoms with Crippen LogP contribution in [0.1, 0.15) is 0 Å². The van der Waals surface area contributed by atoms with Gasteiger partial charge in [0.2, 0.25) is 0 Å². The molecule has 0 aromatic carbocycles. The molecule has 0 fully saturated rings.